The van der Waals surface area contributed by atoms with E-state index in [0.717, 1.165) is 18.4 Å². The lowest BCUT2D eigenvalue weighted by atomic mass is 9.71. The van der Waals surface area contributed by atoms with Gasteiger partial charge >= 0.3 is 0 Å². The fourth-order valence-electron chi connectivity index (χ4n) is 2.70. The highest BCUT2D eigenvalue weighted by molar-refractivity contribution is 5.91. The molecule has 106 valence electrons. The van der Waals surface area contributed by atoms with Crippen LogP contribution >= 0.6 is 0 Å². The number of allylic oxidation sites excluding steroid dienone is 3. The second kappa shape index (κ2) is 5.95. The van der Waals surface area contributed by atoms with Crippen molar-refractivity contribution in [2.24, 2.45) is 0 Å². The Morgan fingerprint density at radius 2 is 2.05 bits per heavy atom. The molecule has 2 rings (SSSR count). The number of ketones is 1. The Morgan fingerprint density at radius 3 is 2.60 bits per heavy atom. The topological polar surface area (TPSA) is 35.5 Å². The number of ether oxygens (including phenoxy) is 2. The van der Waals surface area contributed by atoms with Gasteiger partial charge in [0.25, 0.3) is 0 Å². The quantitative estimate of drug-likeness (QED) is 0.770. The molecule has 3 heteroatoms. The van der Waals surface area contributed by atoms with Gasteiger partial charge in [0.15, 0.2) is 17.3 Å². The lowest BCUT2D eigenvalue weighted by molar-refractivity contribution is -0.115. The third kappa shape index (κ3) is 2.62. The number of hydrogen-bond donors (Lipinski definition) is 0. The number of rotatable bonds is 5. The van der Waals surface area contributed by atoms with E-state index in [1.54, 1.807) is 20.3 Å². The van der Waals surface area contributed by atoms with Crippen LogP contribution in [0.25, 0.3) is 0 Å². The van der Waals surface area contributed by atoms with E-state index in [0.29, 0.717) is 17.9 Å². The summed E-state index contributed by atoms with van der Waals surface area (Å²) in [5.41, 5.74) is 0.952. The van der Waals surface area contributed by atoms with Crippen molar-refractivity contribution in [3.8, 4) is 11.5 Å². The maximum atomic E-state index is 11.5. The van der Waals surface area contributed by atoms with Gasteiger partial charge in [0.1, 0.15) is 0 Å². The molecule has 0 aliphatic heterocycles. The Hall–Kier alpha value is -2.03. The second-order valence-corrected chi connectivity index (χ2v) is 5.02. The monoisotopic (exact) mass is 272 g/mol. The van der Waals surface area contributed by atoms with Crippen LogP contribution in [-0.4, -0.2) is 20.0 Å². The van der Waals surface area contributed by atoms with Crippen LogP contribution in [-0.2, 0) is 10.2 Å². The van der Waals surface area contributed by atoms with E-state index in [1.807, 2.05) is 30.4 Å². The molecule has 0 saturated carbocycles. The van der Waals surface area contributed by atoms with Crippen LogP contribution in [0.1, 0.15) is 24.8 Å². The Labute approximate surface area is 119 Å². The molecule has 0 radical (unpaired) electrons. The summed E-state index contributed by atoms with van der Waals surface area (Å²) in [7, 11) is 3.25. The normalized spacial score (nSPS) is 21.6. The van der Waals surface area contributed by atoms with Gasteiger partial charge in [0.05, 0.1) is 14.2 Å². The molecule has 1 aliphatic rings. The third-order valence-electron chi connectivity index (χ3n) is 3.87. The lowest BCUT2D eigenvalue weighted by Crippen LogP contribution is -2.27. The first kappa shape index (κ1) is 14.4. The molecule has 1 aromatic rings. The van der Waals surface area contributed by atoms with Gasteiger partial charge in [0.2, 0.25) is 0 Å². The molecule has 0 N–H and O–H groups in total. The van der Waals surface area contributed by atoms with Gasteiger partial charge in [-0.3, -0.25) is 4.79 Å². The molecule has 1 aliphatic carbocycles. The van der Waals surface area contributed by atoms with E-state index < -0.39 is 0 Å². The minimum absolute atomic E-state index is 0.171. The summed E-state index contributed by atoms with van der Waals surface area (Å²) in [5.74, 6) is 1.60. The Kier molecular flexibility index (Phi) is 4.28. The predicted molar refractivity (Wildman–Crippen MR) is 79.4 cm³/mol. The van der Waals surface area contributed by atoms with Crippen molar-refractivity contribution in [2.75, 3.05) is 14.2 Å². The van der Waals surface area contributed by atoms with Crippen LogP contribution in [0.2, 0.25) is 0 Å². The average Bonchev–Trinajstić information content (AvgIpc) is 2.49. The van der Waals surface area contributed by atoms with Crippen LogP contribution in [0.4, 0.5) is 0 Å². The van der Waals surface area contributed by atoms with Gasteiger partial charge in [-0.2, -0.15) is 0 Å². The van der Waals surface area contributed by atoms with Crippen molar-refractivity contribution in [2.45, 2.75) is 24.7 Å². The van der Waals surface area contributed by atoms with Crippen molar-refractivity contribution >= 4 is 5.78 Å². The molecule has 0 unspecified atom stereocenters. The number of benzene rings is 1. The molecular formula is C17H20O3. The highest BCUT2D eigenvalue weighted by Crippen LogP contribution is 2.41. The van der Waals surface area contributed by atoms with Gasteiger partial charge < -0.3 is 9.47 Å². The zero-order chi connectivity index (χ0) is 14.6. The maximum Gasteiger partial charge on any atom is 0.161 e. The SMILES string of the molecule is C=CC[C@@]1(c2ccc(OC)c(OC)c2)C=CC(=O)CC1. The zero-order valence-corrected chi connectivity index (χ0v) is 12.0. The molecule has 0 bridgehead atoms. The van der Waals surface area contributed by atoms with Crippen LogP contribution in [0.3, 0.4) is 0 Å². The van der Waals surface area contributed by atoms with Crippen LogP contribution in [0.15, 0.2) is 43.0 Å². The fourth-order valence-corrected chi connectivity index (χ4v) is 2.70. The molecule has 0 heterocycles. The third-order valence-corrected chi connectivity index (χ3v) is 3.87. The molecule has 20 heavy (non-hydrogen) atoms. The summed E-state index contributed by atoms with van der Waals surface area (Å²) in [6, 6.07) is 5.93. The van der Waals surface area contributed by atoms with E-state index in [-0.39, 0.29) is 11.2 Å². The van der Waals surface area contributed by atoms with Crippen LogP contribution < -0.4 is 9.47 Å². The molecule has 0 spiro atoms. The first-order valence-corrected chi connectivity index (χ1v) is 6.70. The molecule has 0 aromatic heterocycles. The van der Waals surface area contributed by atoms with E-state index in [4.69, 9.17) is 9.47 Å². The summed E-state index contributed by atoms with van der Waals surface area (Å²) in [5, 5.41) is 0. The van der Waals surface area contributed by atoms with Crippen LogP contribution in [0.5, 0.6) is 11.5 Å². The van der Waals surface area contributed by atoms with Gasteiger partial charge in [0, 0.05) is 11.8 Å². The van der Waals surface area contributed by atoms with Gasteiger partial charge in [-0.1, -0.05) is 18.2 Å². The van der Waals surface area contributed by atoms with Crippen LogP contribution in [0, 0.1) is 0 Å². The summed E-state index contributed by atoms with van der Waals surface area (Å²) in [6.45, 7) is 3.85. The van der Waals surface area contributed by atoms with Crippen molar-refractivity contribution < 1.29 is 14.3 Å². The van der Waals surface area contributed by atoms with Crippen molar-refractivity contribution in [1.82, 2.24) is 0 Å². The first-order valence-electron chi connectivity index (χ1n) is 6.70. The minimum Gasteiger partial charge on any atom is -0.493 e. The Bertz CT molecular complexity index is 545. The second-order valence-electron chi connectivity index (χ2n) is 5.02. The average molecular weight is 272 g/mol. The van der Waals surface area contributed by atoms with Crippen molar-refractivity contribution in [3.05, 3.63) is 48.6 Å². The number of methoxy groups -OCH3 is 2. The number of hydrogen-bond acceptors (Lipinski definition) is 3. The molecule has 0 amide bonds. The van der Waals surface area contributed by atoms with Gasteiger partial charge in [-0.25, -0.2) is 0 Å². The summed E-state index contributed by atoms with van der Waals surface area (Å²) in [4.78, 5) is 11.5. The Balaban J connectivity index is 2.47. The van der Waals surface area contributed by atoms with Crippen molar-refractivity contribution in [3.63, 3.8) is 0 Å². The zero-order valence-electron chi connectivity index (χ0n) is 12.0. The Morgan fingerprint density at radius 1 is 1.30 bits per heavy atom. The first-order chi connectivity index (χ1) is 9.65. The molecule has 0 saturated heterocycles. The lowest BCUT2D eigenvalue weighted by Gasteiger charge is -2.33. The highest BCUT2D eigenvalue weighted by Gasteiger charge is 2.32. The van der Waals surface area contributed by atoms with Gasteiger partial charge in [-0.15, -0.1) is 6.58 Å². The molecule has 1 aromatic carbocycles. The smallest absolute Gasteiger partial charge is 0.161 e. The van der Waals surface area contributed by atoms with E-state index in [2.05, 4.69) is 6.58 Å². The van der Waals surface area contributed by atoms with E-state index in [9.17, 15) is 4.79 Å². The fraction of sp³-hybridized carbons (Fsp3) is 0.353. The minimum atomic E-state index is -0.171. The number of carbonyl (C=O) groups is 1. The van der Waals surface area contributed by atoms with Gasteiger partial charge in [-0.05, 0) is 36.6 Å². The molecular weight excluding hydrogens is 252 g/mol. The standard InChI is InChI=1S/C17H20O3/c1-4-9-17(10-7-14(18)8-11-17)13-5-6-15(19-2)16(12-13)20-3/h4-7,10,12H,1,8-9,11H2,2-3H3/t17-/m1/s1. The molecule has 1 atom stereocenters. The molecule has 3 nitrogen and oxygen atoms in total. The largest absolute Gasteiger partial charge is 0.493 e. The van der Waals surface area contributed by atoms with E-state index >= 15 is 0 Å². The summed E-state index contributed by atoms with van der Waals surface area (Å²) >= 11 is 0. The van der Waals surface area contributed by atoms with Crippen molar-refractivity contribution in [1.29, 1.82) is 0 Å². The highest BCUT2D eigenvalue weighted by atomic mass is 16.5. The summed E-state index contributed by atoms with van der Waals surface area (Å²) < 4.78 is 10.6. The summed E-state index contributed by atoms with van der Waals surface area (Å²) in [6.07, 6.45) is 7.75. The number of carbonyl (C=O) groups excluding carboxylic acids is 1. The van der Waals surface area contributed by atoms with E-state index in [1.165, 1.54) is 0 Å². The maximum absolute atomic E-state index is 11.5. The molecule has 0 fully saturated rings. The predicted octanol–water partition coefficient (Wildman–Crippen LogP) is 3.44.